The minimum Gasteiger partial charge on any atom is -0.340 e. The van der Waals surface area contributed by atoms with E-state index in [1.54, 1.807) is 11.3 Å². The highest BCUT2D eigenvalue weighted by molar-refractivity contribution is 7.09. The Morgan fingerprint density at radius 3 is 2.26 bits per heavy atom. The highest BCUT2D eigenvalue weighted by Crippen LogP contribution is 2.14. The van der Waals surface area contributed by atoms with Gasteiger partial charge in [0, 0.05) is 44.1 Å². The Kier molecular flexibility index (Phi) is 12.5. The van der Waals surface area contributed by atoms with Crippen LogP contribution in [0.2, 0.25) is 0 Å². The van der Waals surface area contributed by atoms with E-state index in [0.717, 1.165) is 43.4 Å². The fourth-order valence-electron chi connectivity index (χ4n) is 2.35. The fourth-order valence-corrected chi connectivity index (χ4v) is 2.95. The molecule has 2 heterocycles. The second-order valence-corrected chi connectivity index (χ2v) is 6.67. The number of amides is 1. The maximum Gasteiger partial charge on any atom is 0.227 e. The van der Waals surface area contributed by atoms with E-state index in [1.165, 1.54) is 0 Å². The molecule has 1 aromatic rings. The highest BCUT2D eigenvalue weighted by Gasteiger charge is 2.26. The zero-order valence-electron chi connectivity index (χ0n) is 13.7. The van der Waals surface area contributed by atoms with Gasteiger partial charge in [-0.15, -0.1) is 48.6 Å². The second-order valence-electron chi connectivity index (χ2n) is 5.61. The molecule has 2 rings (SSSR count). The zero-order chi connectivity index (χ0) is 14.7. The molecule has 0 aromatic carbocycles. The summed E-state index contributed by atoms with van der Waals surface area (Å²) < 4.78 is 0. The van der Waals surface area contributed by atoms with Crippen LogP contribution in [0.1, 0.15) is 24.5 Å². The van der Waals surface area contributed by atoms with Crippen molar-refractivity contribution in [1.82, 2.24) is 14.8 Å². The summed E-state index contributed by atoms with van der Waals surface area (Å²) in [5, 5.41) is 3.23. The first-order chi connectivity index (χ1) is 9.47. The average Bonchev–Trinajstić information content (AvgIpc) is 2.83. The molecule has 5 nitrogen and oxygen atoms in total. The molecule has 1 amide bonds. The van der Waals surface area contributed by atoms with Crippen molar-refractivity contribution in [3.63, 3.8) is 0 Å². The SMILES string of the molecule is Cc1nc(CN2CCN(C(=O)C(C)C(C)N)CC2)cs1.Cl.Cl.Cl. The van der Waals surface area contributed by atoms with E-state index in [4.69, 9.17) is 5.73 Å². The number of aromatic nitrogens is 1. The molecular formula is C14H27Cl3N4OS. The summed E-state index contributed by atoms with van der Waals surface area (Å²) in [6.07, 6.45) is 0. The third-order valence-electron chi connectivity index (χ3n) is 3.91. The molecule has 0 bridgehead atoms. The van der Waals surface area contributed by atoms with E-state index in [1.807, 2.05) is 25.7 Å². The Morgan fingerprint density at radius 1 is 1.26 bits per heavy atom. The lowest BCUT2D eigenvalue weighted by Crippen LogP contribution is -2.51. The third-order valence-corrected chi connectivity index (χ3v) is 4.74. The number of piperazine rings is 1. The summed E-state index contributed by atoms with van der Waals surface area (Å²) in [7, 11) is 0. The summed E-state index contributed by atoms with van der Waals surface area (Å²) in [5.41, 5.74) is 6.95. The number of rotatable bonds is 4. The van der Waals surface area contributed by atoms with Gasteiger partial charge in [-0.2, -0.15) is 0 Å². The van der Waals surface area contributed by atoms with Gasteiger partial charge in [0.05, 0.1) is 16.6 Å². The Labute approximate surface area is 161 Å². The first-order valence-electron chi connectivity index (χ1n) is 7.15. The molecule has 2 atom stereocenters. The van der Waals surface area contributed by atoms with Crippen molar-refractivity contribution in [3.05, 3.63) is 16.1 Å². The molecule has 0 aliphatic carbocycles. The van der Waals surface area contributed by atoms with E-state index in [-0.39, 0.29) is 55.1 Å². The monoisotopic (exact) mass is 404 g/mol. The standard InChI is InChI=1S/C14H24N4OS.3ClH/c1-10(11(2)15)14(19)18-6-4-17(5-7-18)8-13-9-20-12(3)16-13;;;/h9-11H,4-8,15H2,1-3H3;3*1H. The van der Waals surface area contributed by atoms with E-state index < -0.39 is 0 Å². The van der Waals surface area contributed by atoms with Crippen LogP contribution in [-0.4, -0.2) is 52.9 Å². The number of hydrogen-bond donors (Lipinski definition) is 1. The average molecular weight is 406 g/mol. The van der Waals surface area contributed by atoms with Crippen LogP contribution in [0.4, 0.5) is 0 Å². The van der Waals surface area contributed by atoms with Gasteiger partial charge in [-0.25, -0.2) is 4.98 Å². The fraction of sp³-hybridized carbons (Fsp3) is 0.714. The largest absolute Gasteiger partial charge is 0.340 e. The van der Waals surface area contributed by atoms with Crippen LogP contribution < -0.4 is 5.73 Å². The first-order valence-corrected chi connectivity index (χ1v) is 8.03. The lowest BCUT2D eigenvalue weighted by Gasteiger charge is -2.36. The number of aryl methyl sites for hydroxylation is 1. The molecule has 1 aliphatic rings. The van der Waals surface area contributed by atoms with Gasteiger partial charge in [-0.3, -0.25) is 9.69 Å². The molecule has 136 valence electrons. The maximum atomic E-state index is 12.2. The lowest BCUT2D eigenvalue weighted by molar-refractivity contribution is -0.137. The third kappa shape index (κ3) is 7.11. The van der Waals surface area contributed by atoms with Gasteiger partial charge in [0.15, 0.2) is 0 Å². The van der Waals surface area contributed by atoms with Gasteiger partial charge in [-0.1, -0.05) is 6.92 Å². The molecule has 1 saturated heterocycles. The van der Waals surface area contributed by atoms with Gasteiger partial charge in [0.1, 0.15) is 0 Å². The van der Waals surface area contributed by atoms with Crippen molar-refractivity contribution in [2.45, 2.75) is 33.4 Å². The lowest BCUT2D eigenvalue weighted by atomic mass is 10.0. The number of thiazole rings is 1. The quantitative estimate of drug-likeness (QED) is 0.835. The molecule has 1 fully saturated rings. The molecule has 2 N–H and O–H groups in total. The molecule has 0 radical (unpaired) electrons. The van der Waals surface area contributed by atoms with Crippen LogP contribution in [0.5, 0.6) is 0 Å². The zero-order valence-corrected chi connectivity index (χ0v) is 17.0. The molecular weight excluding hydrogens is 379 g/mol. The first kappa shape index (κ1) is 25.1. The van der Waals surface area contributed by atoms with E-state index in [0.29, 0.717) is 0 Å². The van der Waals surface area contributed by atoms with Crippen LogP contribution >= 0.6 is 48.6 Å². The van der Waals surface area contributed by atoms with Gasteiger partial charge >= 0.3 is 0 Å². The summed E-state index contributed by atoms with van der Waals surface area (Å²) in [5.74, 6) is 0.0897. The van der Waals surface area contributed by atoms with Crippen LogP contribution in [0, 0.1) is 12.8 Å². The van der Waals surface area contributed by atoms with Crippen molar-refractivity contribution in [3.8, 4) is 0 Å². The summed E-state index contributed by atoms with van der Waals surface area (Å²) in [4.78, 5) is 21.0. The maximum absolute atomic E-state index is 12.2. The normalized spacial score (nSPS) is 17.3. The number of nitrogens with two attached hydrogens (primary N) is 1. The van der Waals surface area contributed by atoms with Crippen LogP contribution in [0.3, 0.4) is 0 Å². The van der Waals surface area contributed by atoms with Gasteiger partial charge in [0.25, 0.3) is 0 Å². The van der Waals surface area contributed by atoms with Gasteiger partial charge < -0.3 is 10.6 Å². The topological polar surface area (TPSA) is 62.5 Å². The predicted octanol–water partition coefficient (Wildman–Crippen LogP) is 2.34. The van der Waals surface area contributed by atoms with Crippen LogP contribution in [0.15, 0.2) is 5.38 Å². The molecule has 2 unspecified atom stereocenters. The number of hydrogen-bond acceptors (Lipinski definition) is 5. The number of halogens is 3. The molecule has 1 aromatic heterocycles. The van der Waals surface area contributed by atoms with E-state index in [2.05, 4.69) is 15.3 Å². The Hall–Kier alpha value is -0.110. The van der Waals surface area contributed by atoms with Crippen LogP contribution in [-0.2, 0) is 11.3 Å². The Balaban J connectivity index is 0. The predicted molar refractivity (Wildman–Crippen MR) is 103 cm³/mol. The molecule has 1 aliphatic heterocycles. The minimum atomic E-state index is -0.0947. The molecule has 0 spiro atoms. The van der Waals surface area contributed by atoms with Gasteiger partial charge in [0.2, 0.25) is 5.91 Å². The molecule has 0 saturated carbocycles. The summed E-state index contributed by atoms with van der Waals surface area (Å²) >= 11 is 1.69. The minimum absolute atomic E-state index is 0. The Bertz CT molecular complexity index is 465. The summed E-state index contributed by atoms with van der Waals surface area (Å²) in [6.45, 7) is 10.1. The Morgan fingerprint density at radius 2 is 1.83 bits per heavy atom. The highest BCUT2D eigenvalue weighted by atomic mass is 35.5. The molecule has 9 heteroatoms. The number of carbonyl (C=O) groups is 1. The van der Waals surface area contributed by atoms with Crippen molar-refractivity contribution < 1.29 is 4.79 Å². The van der Waals surface area contributed by atoms with E-state index in [9.17, 15) is 4.79 Å². The number of carbonyl (C=O) groups excluding carboxylic acids is 1. The second kappa shape index (κ2) is 11.4. The van der Waals surface area contributed by atoms with Crippen molar-refractivity contribution >= 4 is 54.5 Å². The van der Waals surface area contributed by atoms with E-state index >= 15 is 0 Å². The van der Waals surface area contributed by atoms with Gasteiger partial charge in [-0.05, 0) is 13.8 Å². The smallest absolute Gasteiger partial charge is 0.227 e. The number of nitrogens with zero attached hydrogens (tertiary/aromatic N) is 3. The van der Waals surface area contributed by atoms with Crippen molar-refractivity contribution in [2.75, 3.05) is 26.2 Å². The molecule has 23 heavy (non-hydrogen) atoms. The summed E-state index contributed by atoms with van der Waals surface area (Å²) in [6, 6.07) is -0.0847. The van der Waals surface area contributed by atoms with Crippen LogP contribution in [0.25, 0.3) is 0 Å². The van der Waals surface area contributed by atoms with Crippen molar-refractivity contribution in [2.24, 2.45) is 11.7 Å². The van der Waals surface area contributed by atoms with Crippen molar-refractivity contribution in [1.29, 1.82) is 0 Å².